The largest absolute Gasteiger partial charge is 0.389 e. The molecule has 0 saturated carbocycles. The van der Waals surface area contributed by atoms with E-state index in [9.17, 15) is 5.11 Å². The Hall–Kier alpha value is -0.900. The Morgan fingerprint density at radius 3 is 2.29 bits per heavy atom. The zero-order valence-electron chi connectivity index (χ0n) is 14.3. The smallest absolute Gasteiger partial charge is 0.0718 e. The summed E-state index contributed by atoms with van der Waals surface area (Å²) < 4.78 is 0. The van der Waals surface area contributed by atoms with Crippen molar-refractivity contribution in [2.24, 2.45) is 0 Å². The highest BCUT2D eigenvalue weighted by Crippen LogP contribution is 2.18. The van der Waals surface area contributed by atoms with E-state index < -0.39 is 5.60 Å². The van der Waals surface area contributed by atoms with Gasteiger partial charge in [0.25, 0.3) is 0 Å². The molecule has 0 saturated heterocycles. The quantitative estimate of drug-likeness (QED) is 0.734. The third kappa shape index (κ3) is 7.07. The highest BCUT2D eigenvalue weighted by Gasteiger charge is 2.18. The third-order valence-electron chi connectivity index (χ3n) is 3.72. The lowest BCUT2D eigenvalue weighted by atomic mass is 10.0. The number of likely N-dealkylation sites (N-methyl/N-ethyl adjacent to an activating group) is 1. The minimum Gasteiger partial charge on any atom is -0.389 e. The van der Waals surface area contributed by atoms with E-state index in [0.29, 0.717) is 6.04 Å². The van der Waals surface area contributed by atoms with Crippen molar-refractivity contribution in [1.82, 2.24) is 10.2 Å². The molecule has 0 amide bonds. The fraction of sp³-hybridized carbons (Fsp3) is 0.667. The van der Waals surface area contributed by atoms with Crippen molar-refractivity contribution in [2.75, 3.05) is 26.2 Å². The van der Waals surface area contributed by atoms with Crippen molar-refractivity contribution in [3.63, 3.8) is 0 Å². The molecule has 3 heteroatoms. The van der Waals surface area contributed by atoms with E-state index in [-0.39, 0.29) is 0 Å². The van der Waals surface area contributed by atoms with Gasteiger partial charge in [-0.2, -0.15) is 0 Å². The molecule has 0 aliphatic rings. The first-order chi connectivity index (χ1) is 9.85. The van der Waals surface area contributed by atoms with E-state index in [4.69, 9.17) is 0 Å². The summed E-state index contributed by atoms with van der Waals surface area (Å²) in [5.74, 6) is 0. The van der Waals surface area contributed by atoms with Gasteiger partial charge < -0.3 is 15.3 Å². The molecule has 1 atom stereocenters. The van der Waals surface area contributed by atoms with Crippen LogP contribution in [0, 0.1) is 6.92 Å². The molecule has 0 fully saturated rings. The molecule has 0 aliphatic carbocycles. The van der Waals surface area contributed by atoms with Crippen LogP contribution in [0.15, 0.2) is 24.3 Å². The van der Waals surface area contributed by atoms with Crippen LogP contribution in [0.25, 0.3) is 0 Å². The van der Waals surface area contributed by atoms with Gasteiger partial charge in [-0.05, 0) is 45.8 Å². The van der Waals surface area contributed by atoms with Gasteiger partial charge >= 0.3 is 0 Å². The van der Waals surface area contributed by atoms with Crippen LogP contribution in [0.3, 0.4) is 0 Å². The van der Waals surface area contributed by atoms with E-state index in [2.05, 4.69) is 55.3 Å². The van der Waals surface area contributed by atoms with Gasteiger partial charge in [-0.25, -0.2) is 0 Å². The normalized spacial score (nSPS) is 13.7. The molecule has 0 aliphatic heterocycles. The van der Waals surface area contributed by atoms with Crippen LogP contribution in [0.5, 0.6) is 0 Å². The first-order valence-corrected chi connectivity index (χ1v) is 8.10. The standard InChI is InChI=1S/C18H32N2O/c1-6-19-17(16-10-8-15(3)9-11-16)12-13-20(7-2)14-18(4,5)21/h8-11,17,19,21H,6-7,12-14H2,1-5H3. The van der Waals surface area contributed by atoms with Gasteiger partial charge in [0.05, 0.1) is 5.60 Å². The molecule has 0 radical (unpaired) electrons. The molecular weight excluding hydrogens is 260 g/mol. The summed E-state index contributed by atoms with van der Waals surface area (Å²) in [5, 5.41) is 13.5. The van der Waals surface area contributed by atoms with Gasteiger partial charge in [-0.1, -0.05) is 43.7 Å². The first kappa shape index (κ1) is 18.1. The zero-order chi connectivity index (χ0) is 15.9. The molecular formula is C18H32N2O. The SMILES string of the molecule is CCNC(CCN(CC)CC(C)(C)O)c1ccc(C)cc1. The second-order valence-electron chi connectivity index (χ2n) is 6.49. The number of aliphatic hydroxyl groups is 1. The van der Waals surface area contributed by atoms with Crippen molar-refractivity contribution in [3.8, 4) is 0 Å². The maximum absolute atomic E-state index is 9.98. The van der Waals surface area contributed by atoms with Gasteiger partial charge in [0, 0.05) is 19.1 Å². The van der Waals surface area contributed by atoms with E-state index in [1.54, 1.807) is 0 Å². The maximum Gasteiger partial charge on any atom is 0.0718 e. The van der Waals surface area contributed by atoms with E-state index in [1.165, 1.54) is 11.1 Å². The minimum absolute atomic E-state index is 0.381. The monoisotopic (exact) mass is 292 g/mol. The summed E-state index contributed by atoms with van der Waals surface area (Å²) in [4.78, 5) is 2.32. The molecule has 0 aromatic heterocycles. The average molecular weight is 292 g/mol. The summed E-state index contributed by atoms with van der Waals surface area (Å²) in [7, 11) is 0. The van der Waals surface area contributed by atoms with Crippen LogP contribution < -0.4 is 5.32 Å². The molecule has 0 heterocycles. The maximum atomic E-state index is 9.98. The number of nitrogens with zero attached hydrogens (tertiary/aromatic N) is 1. The predicted octanol–water partition coefficient (Wildman–Crippen LogP) is 3.13. The molecule has 1 aromatic carbocycles. The Balaban J connectivity index is 2.63. The Morgan fingerprint density at radius 1 is 1.19 bits per heavy atom. The first-order valence-electron chi connectivity index (χ1n) is 8.10. The molecule has 1 unspecified atom stereocenters. The summed E-state index contributed by atoms with van der Waals surface area (Å²) >= 11 is 0. The molecule has 1 aromatic rings. The van der Waals surface area contributed by atoms with Gasteiger partial charge in [0.1, 0.15) is 0 Å². The summed E-state index contributed by atoms with van der Waals surface area (Å²) in [6.07, 6.45) is 1.06. The van der Waals surface area contributed by atoms with Gasteiger partial charge in [0.2, 0.25) is 0 Å². The van der Waals surface area contributed by atoms with Crippen molar-refractivity contribution in [3.05, 3.63) is 35.4 Å². The summed E-state index contributed by atoms with van der Waals surface area (Å²) in [5.41, 5.74) is 2.01. The lowest BCUT2D eigenvalue weighted by molar-refractivity contribution is 0.0366. The van der Waals surface area contributed by atoms with Crippen LogP contribution in [0.2, 0.25) is 0 Å². The van der Waals surface area contributed by atoms with Gasteiger partial charge in [-0.3, -0.25) is 0 Å². The number of nitrogens with one attached hydrogen (secondary N) is 1. The molecule has 0 spiro atoms. The van der Waals surface area contributed by atoms with Gasteiger partial charge in [-0.15, -0.1) is 0 Å². The van der Waals surface area contributed by atoms with E-state index >= 15 is 0 Å². The Labute approximate surface area is 130 Å². The van der Waals surface area contributed by atoms with Crippen LogP contribution in [-0.2, 0) is 0 Å². The molecule has 1 rings (SSSR count). The minimum atomic E-state index is -0.631. The number of benzene rings is 1. The van der Waals surface area contributed by atoms with E-state index in [1.807, 2.05) is 13.8 Å². The highest BCUT2D eigenvalue weighted by atomic mass is 16.3. The third-order valence-corrected chi connectivity index (χ3v) is 3.72. The fourth-order valence-electron chi connectivity index (χ4n) is 2.64. The molecule has 21 heavy (non-hydrogen) atoms. The van der Waals surface area contributed by atoms with E-state index in [0.717, 1.165) is 32.6 Å². The van der Waals surface area contributed by atoms with Crippen molar-refractivity contribution in [1.29, 1.82) is 0 Å². The molecule has 2 N–H and O–H groups in total. The second-order valence-corrected chi connectivity index (χ2v) is 6.49. The Morgan fingerprint density at radius 2 is 1.81 bits per heavy atom. The Bertz CT molecular complexity index is 395. The number of hydrogen-bond acceptors (Lipinski definition) is 3. The molecule has 3 nitrogen and oxygen atoms in total. The number of rotatable bonds is 9. The average Bonchev–Trinajstić information content (AvgIpc) is 2.41. The molecule has 120 valence electrons. The zero-order valence-corrected chi connectivity index (χ0v) is 14.3. The van der Waals surface area contributed by atoms with Crippen molar-refractivity contribution >= 4 is 0 Å². The lowest BCUT2D eigenvalue weighted by Crippen LogP contribution is -2.40. The highest BCUT2D eigenvalue weighted by molar-refractivity contribution is 5.24. The fourth-order valence-corrected chi connectivity index (χ4v) is 2.64. The van der Waals surface area contributed by atoms with Gasteiger partial charge in [0.15, 0.2) is 0 Å². The lowest BCUT2D eigenvalue weighted by Gasteiger charge is -2.29. The Kier molecular flexibility index (Phi) is 7.36. The van der Waals surface area contributed by atoms with Crippen LogP contribution in [0.4, 0.5) is 0 Å². The predicted molar refractivity (Wildman–Crippen MR) is 90.6 cm³/mol. The van der Waals surface area contributed by atoms with Crippen LogP contribution in [0.1, 0.15) is 51.3 Å². The van der Waals surface area contributed by atoms with Crippen LogP contribution in [-0.4, -0.2) is 41.8 Å². The van der Waals surface area contributed by atoms with Crippen LogP contribution >= 0.6 is 0 Å². The van der Waals surface area contributed by atoms with Crippen molar-refractivity contribution in [2.45, 2.75) is 52.7 Å². The summed E-state index contributed by atoms with van der Waals surface area (Å²) in [6, 6.07) is 9.16. The number of aryl methyl sites for hydroxylation is 1. The topological polar surface area (TPSA) is 35.5 Å². The second kappa shape index (κ2) is 8.52. The molecule has 0 bridgehead atoms. The van der Waals surface area contributed by atoms with Crippen molar-refractivity contribution < 1.29 is 5.11 Å². The summed E-state index contributed by atoms with van der Waals surface area (Å²) in [6.45, 7) is 13.8. The number of hydrogen-bond donors (Lipinski definition) is 2.